The lowest BCUT2D eigenvalue weighted by molar-refractivity contribution is -0.422. The first-order chi connectivity index (χ1) is 7.00. The van der Waals surface area contributed by atoms with Crippen LogP contribution in [0.2, 0.25) is 0 Å². The van der Waals surface area contributed by atoms with E-state index in [1.165, 1.54) is 37.3 Å². The molecule has 78 valence electrons. The summed E-state index contributed by atoms with van der Waals surface area (Å²) in [4.78, 5) is 19.6. The summed E-state index contributed by atoms with van der Waals surface area (Å²) in [5, 5.41) is 20.6. The van der Waals surface area contributed by atoms with Crippen LogP contribution < -0.4 is 0 Å². The predicted octanol–water partition coefficient (Wildman–Crippen LogP) is 2.23. The van der Waals surface area contributed by atoms with Crippen molar-refractivity contribution in [2.75, 3.05) is 0 Å². The van der Waals surface area contributed by atoms with Crippen molar-refractivity contribution in [3.8, 4) is 0 Å². The number of rotatable bonds is 3. The van der Waals surface area contributed by atoms with Gasteiger partial charge in [0.1, 0.15) is 0 Å². The Balaban J connectivity index is 2.95. The maximum absolute atomic E-state index is 10.3. The van der Waals surface area contributed by atoms with E-state index >= 15 is 0 Å². The first-order valence-electron chi connectivity index (χ1n) is 4.08. The molecule has 0 radical (unpaired) electrons. The highest BCUT2D eigenvalue weighted by Crippen LogP contribution is 2.14. The van der Waals surface area contributed by atoms with Crippen molar-refractivity contribution in [2.45, 2.75) is 6.92 Å². The molecule has 6 nitrogen and oxygen atoms in total. The zero-order valence-electron chi connectivity index (χ0n) is 7.91. The smallest absolute Gasteiger partial charge is 0.259 e. The van der Waals surface area contributed by atoms with Crippen molar-refractivity contribution in [1.29, 1.82) is 0 Å². The summed E-state index contributed by atoms with van der Waals surface area (Å²) >= 11 is 0. The second-order valence-electron chi connectivity index (χ2n) is 2.89. The molecule has 0 N–H and O–H groups in total. The summed E-state index contributed by atoms with van der Waals surface area (Å²) in [6.45, 7) is 1.36. The van der Waals surface area contributed by atoms with E-state index in [0.29, 0.717) is 5.56 Å². The van der Waals surface area contributed by atoms with Crippen LogP contribution in [0.25, 0.3) is 6.08 Å². The van der Waals surface area contributed by atoms with Crippen molar-refractivity contribution in [2.24, 2.45) is 0 Å². The van der Waals surface area contributed by atoms with Gasteiger partial charge in [-0.1, -0.05) is 0 Å². The van der Waals surface area contributed by atoms with Crippen LogP contribution in [0.5, 0.6) is 0 Å². The topological polar surface area (TPSA) is 86.3 Å². The van der Waals surface area contributed by atoms with Gasteiger partial charge < -0.3 is 0 Å². The second kappa shape index (κ2) is 4.32. The van der Waals surface area contributed by atoms with E-state index in [0.717, 1.165) is 0 Å². The lowest BCUT2D eigenvalue weighted by atomic mass is 10.2. The minimum Gasteiger partial charge on any atom is -0.259 e. The van der Waals surface area contributed by atoms with Crippen molar-refractivity contribution in [1.82, 2.24) is 0 Å². The molecule has 0 unspecified atom stereocenters. The second-order valence-corrected chi connectivity index (χ2v) is 2.89. The molecular weight excluding hydrogens is 200 g/mol. The highest BCUT2D eigenvalue weighted by atomic mass is 16.6. The molecule has 0 aliphatic heterocycles. The largest absolute Gasteiger partial charge is 0.269 e. The Hall–Kier alpha value is -2.24. The molecule has 0 aliphatic rings. The number of hydrogen-bond donors (Lipinski definition) is 0. The van der Waals surface area contributed by atoms with E-state index in [2.05, 4.69) is 0 Å². The Morgan fingerprint density at radius 2 is 1.73 bits per heavy atom. The number of nitrogens with zero attached hydrogens (tertiary/aromatic N) is 2. The maximum atomic E-state index is 10.3. The average Bonchev–Trinajstić information content (AvgIpc) is 2.18. The van der Waals surface area contributed by atoms with Gasteiger partial charge >= 0.3 is 0 Å². The summed E-state index contributed by atoms with van der Waals surface area (Å²) in [7, 11) is 0. The third-order valence-electron chi connectivity index (χ3n) is 1.77. The first-order valence-corrected chi connectivity index (χ1v) is 4.08. The fourth-order valence-electron chi connectivity index (χ4n) is 0.986. The molecule has 0 saturated heterocycles. The van der Waals surface area contributed by atoms with Crippen molar-refractivity contribution in [3.05, 3.63) is 55.8 Å². The summed E-state index contributed by atoms with van der Waals surface area (Å²) in [6, 6.07) is 5.54. The minimum absolute atomic E-state index is 0.0103. The molecule has 0 aromatic heterocycles. The van der Waals surface area contributed by atoms with Gasteiger partial charge in [-0.2, -0.15) is 0 Å². The Labute approximate surface area is 85.1 Å². The molecule has 15 heavy (non-hydrogen) atoms. The predicted molar refractivity (Wildman–Crippen MR) is 53.7 cm³/mol. The van der Waals surface area contributed by atoms with Gasteiger partial charge in [-0.3, -0.25) is 20.2 Å². The monoisotopic (exact) mass is 208 g/mol. The van der Waals surface area contributed by atoms with Gasteiger partial charge in [0.15, 0.2) is 0 Å². The zero-order valence-corrected chi connectivity index (χ0v) is 7.91. The Bertz CT molecular complexity index is 422. The van der Waals surface area contributed by atoms with Crippen molar-refractivity contribution in [3.63, 3.8) is 0 Å². The van der Waals surface area contributed by atoms with E-state index in [4.69, 9.17) is 0 Å². The molecule has 0 atom stereocenters. The fraction of sp³-hybridized carbons (Fsp3) is 0.111. The van der Waals surface area contributed by atoms with E-state index < -0.39 is 9.85 Å². The first kappa shape index (κ1) is 10.8. The zero-order chi connectivity index (χ0) is 11.4. The minimum atomic E-state index is -0.520. The molecule has 0 spiro atoms. The van der Waals surface area contributed by atoms with Crippen LogP contribution in [0.15, 0.2) is 30.0 Å². The molecule has 0 heterocycles. The number of nitro benzene ring substituents is 1. The number of benzene rings is 1. The van der Waals surface area contributed by atoms with Gasteiger partial charge in [-0.05, 0) is 17.7 Å². The molecule has 6 heteroatoms. The number of allylic oxidation sites excluding steroid dienone is 1. The van der Waals surface area contributed by atoms with Crippen LogP contribution in [-0.2, 0) is 0 Å². The Kier molecular flexibility index (Phi) is 3.12. The number of nitro groups is 2. The average molecular weight is 208 g/mol. The Morgan fingerprint density at radius 3 is 2.13 bits per heavy atom. The van der Waals surface area contributed by atoms with Gasteiger partial charge in [-0.25, -0.2) is 0 Å². The number of hydrogen-bond acceptors (Lipinski definition) is 4. The molecular formula is C9H8N2O4. The highest BCUT2D eigenvalue weighted by molar-refractivity contribution is 5.52. The standard InChI is InChI=1S/C9H8N2O4/c1-7(10(12)13)6-8-2-4-9(5-3-8)11(14)15/h2-6H,1H3/b7-6+. The number of non-ortho nitro benzene ring substituents is 1. The summed E-state index contributed by atoms with van der Waals surface area (Å²) in [5.74, 6) is 0. The lowest BCUT2D eigenvalue weighted by Gasteiger charge is -1.93. The molecule has 1 rings (SSSR count). The maximum Gasteiger partial charge on any atom is 0.269 e. The fourth-order valence-corrected chi connectivity index (χ4v) is 0.986. The van der Waals surface area contributed by atoms with Crippen LogP contribution in [0.4, 0.5) is 5.69 Å². The van der Waals surface area contributed by atoms with Gasteiger partial charge in [0.2, 0.25) is 5.70 Å². The molecule has 0 amide bonds. The summed E-state index contributed by atoms with van der Waals surface area (Å²) in [6.07, 6.45) is 1.35. The third-order valence-corrected chi connectivity index (χ3v) is 1.77. The van der Waals surface area contributed by atoms with Gasteiger partial charge in [0, 0.05) is 25.1 Å². The van der Waals surface area contributed by atoms with Crippen molar-refractivity contribution >= 4 is 11.8 Å². The SMILES string of the molecule is C/C(=C\c1ccc([N+](=O)[O-])cc1)[N+](=O)[O-]. The van der Waals surface area contributed by atoms with E-state index in [1.54, 1.807) is 0 Å². The molecule has 0 aliphatic carbocycles. The van der Waals surface area contributed by atoms with Gasteiger partial charge in [-0.15, -0.1) is 0 Å². The van der Waals surface area contributed by atoms with Crippen LogP contribution in [0.1, 0.15) is 12.5 Å². The molecule has 0 bridgehead atoms. The summed E-state index contributed by atoms with van der Waals surface area (Å²) < 4.78 is 0. The van der Waals surface area contributed by atoms with E-state index in [-0.39, 0.29) is 11.4 Å². The molecule has 1 aromatic rings. The molecule has 0 fully saturated rings. The summed E-state index contributed by atoms with van der Waals surface area (Å²) in [5.41, 5.74) is 0.518. The quantitative estimate of drug-likeness (QED) is 0.562. The van der Waals surface area contributed by atoms with Crippen LogP contribution in [-0.4, -0.2) is 9.85 Å². The molecule has 0 saturated carbocycles. The van der Waals surface area contributed by atoms with Gasteiger partial charge in [0.25, 0.3) is 5.69 Å². The third kappa shape index (κ3) is 2.87. The van der Waals surface area contributed by atoms with E-state index in [1.807, 2.05) is 0 Å². The van der Waals surface area contributed by atoms with Gasteiger partial charge in [0.05, 0.1) is 9.85 Å². The van der Waals surface area contributed by atoms with Crippen LogP contribution in [0, 0.1) is 20.2 Å². The Morgan fingerprint density at radius 1 is 1.20 bits per heavy atom. The van der Waals surface area contributed by atoms with Crippen LogP contribution in [0.3, 0.4) is 0 Å². The van der Waals surface area contributed by atoms with Crippen LogP contribution >= 0.6 is 0 Å². The van der Waals surface area contributed by atoms with E-state index in [9.17, 15) is 20.2 Å². The normalized spacial score (nSPS) is 11.1. The highest BCUT2D eigenvalue weighted by Gasteiger charge is 2.05. The van der Waals surface area contributed by atoms with Crippen molar-refractivity contribution < 1.29 is 9.85 Å². The molecule has 1 aromatic carbocycles. The lowest BCUT2D eigenvalue weighted by Crippen LogP contribution is -1.93.